The van der Waals surface area contributed by atoms with Crippen molar-refractivity contribution >= 4 is 11.8 Å². The molecule has 0 fully saturated rings. The molecule has 0 heterocycles. The molecule has 0 spiro atoms. The fraction of sp³-hybridized carbons (Fsp3) is 0.905. The maximum atomic E-state index is 12.8. The number of carbonyl (C=O) groups excluding carboxylic acids is 2. The predicted molar refractivity (Wildman–Crippen MR) is 106 cm³/mol. The van der Waals surface area contributed by atoms with E-state index in [2.05, 4.69) is 6.92 Å². The summed E-state index contributed by atoms with van der Waals surface area (Å²) in [6.07, 6.45) is 13.2. The molecule has 5 nitrogen and oxygen atoms in total. The third-order valence-electron chi connectivity index (χ3n) is 5.05. The second-order valence-electron chi connectivity index (χ2n) is 8.69. The Balaban J connectivity index is 4.25. The SMILES string of the molecule is CCCCCCCCCCCCC(C(=O)C(C(=O)[O-])[N+](C)(C)C)N(C)C. The van der Waals surface area contributed by atoms with Gasteiger partial charge in [-0.3, -0.25) is 9.69 Å². The molecular formula is C21H42N2O3. The molecule has 26 heavy (non-hydrogen) atoms. The number of aliphatic carboxylic acids is 1. The molecule has 0 amide bonds. The van der Waals surface area contributed by atoms with Gasteiger partial charge < -0.3 is 14.4 Å². The van der Waals surface area contributed by atoms with Crippen LogP contribution < -0.4 is 5.11 Å². The lowest BCUT2D eigenvalue weighted by Gasteiger charge is -2.36. The molecule has 0 radical (unpaired) electrons. The number of carboxylic acid groups (broad SMARTS) is 1. The molecule has 0 bridgehead atoms. The number of unbranched alkanes of at least 4 members (excludes halogenated alkanes) is 9. The number of nitrogens with zero attached hydrogens (tertiary/aromatic N) is 2. The van der Waals surface area contributed by atoms with E-state index in [4.69, 9.17) is 0 Å². The highest BCUT2D eigenvalue weighted by Crippen LogP contribution is 2.16. The van der Waals surface area contributed by atoms with Crippen LogP contribution in [0.2, 0.25) is 0 Å². The van der Waals surface area contributed by atoms with E-state index < -0.39 is 12.0 Å². The molecular weight excluding hydrogens is 328 g/mol. The topological polar surface area (TPSA) is 60.4 Å². The number of carboxylic acids is 1. The largest absolute Gasteiger partial charge is 0.544 e. The van der Waals surface area contributed by atoms with Crippen LogP contribution >= 0.6 is 0 Å². The van der Waals surface area contributed by atoms with Crippen molar-refractivity contribution in [2.75, 3.05) is 35.2 Å². The van der Waals surface area contributed by atoms with Gasteiger partial charge in [-0.25, -0.2) is 0 Å². The average Bonchev–Trinajstić information content (AvgIpc) is 2.50. The number of carbonyl (C=O) groups is 2. The number of hydrogen-bond donors (Lipinski definition) is 0. The van der Waals surface area contributed by atoms with Crippen molar-refractivity contribution in [3.63, 3.8) is 0 Å². The maximum absolute atomic E-state index is 12.8. The number of ketones is 1. The van der Waals surface area contributed by atoms with E-state index in [0.29, 0.717) is 6.42 Å². The smallest absolute Gasteiger partial charge is 0.212 e. The summed E-state index contributed by atoms with van der Waals surface area (Å²) in [5.41, 5.74) is 0. The lowest BCUT2D eigenvalue weighted by atomic mass is 9.96. The fourth-order valence-corrected chi connectivity index (χ4v) is 3.48. The monoisotopic (exact) mass is 370 g/mol. The van der Waals surface area contributed by atoms with E-state index in [1.165, 1.54) is 51.4 Å². The van der Waals surface area contributed by atoms with Gasteiger partial charge in [0.15, 0.2) is 6.04 Å². The van der Waals surface area contributed by atoms with Crippen molar-refractivity contribution in [1.29, 1.82) is 0 Å². The van der Waals surface area contributed by atoms with E-state index >= 15 is 0 Å². The van der Waals surface area contributed by atoms with Crippen molar-refractivity contribution in [2.24, 2.45) is 0 Å². The zero-order valence-electron chi connectivity index (χ0n) is 18.1. The Morgan fingerprint density at radius 2 is 1.27 bits per heavy atom. The number of rotatable bonds is 16. The Labute approximate surface area is 161 Å². The number of hydrogen-bond acceptors (Lipinski definition) is 4. The first-order valence-electron chi connectivity index (χ1n) is 10.3. The summed E-state index contributed by atoms with van der Waals surface area (Å²) in [6.45, 7) is 2.24. The van der Waals surface area contributed by atoms with Gasteiger partial charge in [-0.2, -0.15) is 0 Å². The molecule has 0 aromatic heterocycles. The van der Waals surface area contributed by atoms with Crippen LogP contribution in [0, 0.1) is 0 Å². The minimum Gasteiger partial charge on any atom is -0.544 e. The van der Waals surface area contributed by atoms with Crippen LogP contribution in [-0.4, -0.2) is 68.5 Å². The van der Waals surface area contributed by atoms with Gasteiger partial charge in [0, 0.05) is 0 Å². The molecule has 0 N–H and O–H groups in total. The zero-order valence-corrected chi connectivity index (χ0v) is 18.1. The van der Waals surface area contributed by atoms with Crippen molar-refractivity contribution in [1.82, 2.24) is 4.90 Å². The van der Waals surface area contributed by atoms with Crippen molar-refractivity contribution < 1.29 is 19.2 Å². The van der Waals surface area contributed by atoms with Gasteiger partial charge in [-0.1, -0.05) is 71.1 Å². The molecule has 0 saturated carbocycles. The summed E-state index contributed by atoms with van der Waals surface area (Å²) in [5.74, 6) is -1.52. The van der Waals surface area contributed by atoms with Crippen LogP contribution in [0.1, 0.15) is 77.6 Å². The summed E-state index contributed by atoms with van der Waals surface area (Å²) in [6, 6.07) is -1.48. The fourth-order valence-electron chi connectivity index (χ4n) is 3.48. The van der Waals surface area contributed by atoms with Crippen LogP contribution in [0.5, 0.6) is 0 Å². The van der Waals surface area contributed by atoms with Gasteiger partial charge in [0.05, 0.1) is 27.2 Å². The van der Waals surface area contributed by atoms with Crippen molar-refractivity contribution in [3.05, 3.63) is 0 Å². The Kier molecular flexibility index (Phi) is 12.8. The first-order valence-corrected chi connectivity index (χ1v) is 10.3. The molecule has 0 saturated heterocycles. The lowest BCUT2D eigenvalue weighted by Crippen LogP contribution is -2.62. The quantitative estimate of drug-likeness (QED) is 0.238. The lowest BCUT2D eigenvalue weighted by molar-refractivity contribution is -0.880. The predicted octanol–water partition coefficient (Wildman–Crippen LogP) is 2.62. The van der Waals surface area contributed by atoms with Gasteiger partial charge in [-0.05, 0) is 20.5 Å². The highest BCUT2D eigenvalue weighted by atomic mass is 16.4. The van der Waals surface area contributed by atoms with E-state index in [0.717, 1.165) is 12.8 Å². The van der Waals surface area contributed by atoms with Gasteiger partial charge in [0.25, 0.3) is 0 Å². The third-order valence-corrected chi connectivity index (χ3v) is 5.05. The number of quaternary nitrogens is 1. The Morgan fingerprint density at radius 3 is 1.62 bits per heavy atom. The van der Waals surface area contributed by atoms with E-state index in [1.54, 1.807) is 21.1 Å². The molecule has 0 aliphatic heterocycles. The van der Waals surface area contributed by atoms with E-state index in [9.17, 15) is 14.7 Å². The summed E-state index contributed by atoms with van der Waals surface area (Å²) in [5, 5.41) is 11.5. The molecule has 0 aromatic carbocycles. The molecule has 0 aliphatic rings. The van der Waals surface area contributed by atoms with E-state index in [-0.39, 0.29) is 16.3 Å². The highest BCUT2D eigenvalue weighted by Gasteiger charge is 2.38. The summed E-state index contributed by atoms with van der Waals surface area (Å²) >= 11 is 0. The van der Waals surface area contributed by atoms with Gasteiger partial charge in [0.2, 0.25) is 5.78 Å². The minimum atomic E-state index is -1.28. The first-order chi connectivity index (χ1) is 12.1. The van der Waals surface area contributed by atoms with Crippen LogP contribution in [0.3, 0.4) is 0 Å². The Morgan fingerprint density at radius 1 is 0.846 bits per heavy atom. The Hall–Kier alpha value is -0.940. The number of likely N-dealkylation sites (N-methyl/N-ethyl adjacent to an activating group) is 2. The zero-order chi connectivity index (χ0) is 20.2. The van der Waals surface area contributed by atoms with Gasteiger partial charge in [0.1, 0.15) is 5.97 Å². The minimum absolute atomic E-state index is 0.0591. The first kappa shape index (κ1) is 25.1. The molecule has 2 atom stereocenters. The maximum Gasteiger partial charge on any atom is 0.212 e. The van der Waals surface area contributed by atoms with E-state index in [1.807, 2.05) is 19.0 Å². The average molecular weight is 371 g/mol. The normalized spacial score (nSPS) is 14.4. The van der Waals surface area contributed by atoms with Crippen LogP contribution in [0.25, 0.3) is 0 Å². The van der Waals surface area contributed by atoms with Crippen molar-refractivity contribution in [2.45, 2.75) is 89.6 Å². The molecule has 0 aromatic rings. The highest BCUT2D eigenvalue weighted by molar-refractivity contribution is 6.03. The van der Waals surface area contributed by atoms with Crippen LogP contribution in [0.15, 0.2) is 0 Å². The van der Waals surface area contributed by atoms with Gasteiger partial charge >= 0.3 is 0 Å². The van der Waals surface area contributed by atoms with Crippen LogP contribution in [0.4, 0.5) is 0 Å². The van der Waals surface area contributed by atoms with Gasteiger partial charge in [-0.15, -0.1) is 0 Å². The summed E-state index contributed by atoms with van der Waals surface area (Å²) < 4.78 is 0.0591. The molecule has 0 rings (SSSR count). The number of Topliss-reactive ketones (excluding diaryl/α,β-unsaturated/α-hetero) is 1. The molecule has 0 aliphatic carbocycles. The molecule has 5 heteroatoms. The van der Waals surface area contributed by atoms with Crippen LogP contribution in [-0.2, 0) is 9.59 Å². The Bertz CT molecular complexity index is 403. The van der Waals surface area contributed by atoms with Crippen molar-refractivity contribution in [3.8, 4) is 0 Å². The summed E-state index contributed by atoms with van der Waals surface area (Å²) in [4.78, 5) is 26.1. The molecule has 2 unspecified atom stereocenters. The second-order valence-corrected chi connectivity index (χ2v) is 8.69. The molecule has 154 valence electrons. The summed E-state index contributed by atoms with van der Waals surface area (Å²) in [7, 11) is 8.88. The standard InChI is InChI=1S/C21H42N2O3/c1-7-8-9-10-11-12-13-14-15-16-17-18(22(2)3)20(24)19(21(25)26)23(4,5)6/h18-19H,7-17H2,1-6H3. The second kappa shape index (κ2) is 13.3. The third kappa shape index (κ3) is 10.3.